The molecule has 1 saturated carbocycles. The molecule has 0 atom stereocenters. The minimum atomic E-state index is -0.324. The topological polar surface area (TPSA) is 55.1 Å². The molecule has 1 fully saturated rings. The molecule has 0 unspecified atom stereocenters. The molecule has 0 radical (unpaired) electrons. The van der Waals surface area contributed by atoms with Crippen LogP contribution in [0.2, 0.25) is 0 Å². The van der Waals surface area contributed by atoms with E-state index in [9.17, 15) is 9.18 Å². The van der Waals surface area contributed by atoms with E-state index < -0.39 is 0 Å². The highest BCUT2D eigenvalue weighted by Crippen LogP contribution is 2.44. The Morgan fingerprint density at radius 2 is 2.12 bits per heavy atom. The monoisotopic (exact) mass is 236 g/mol. The van der Waals surface area contributed by atoms with Gasteiger partial charge in [-0.15, -0.1) is 0 Å². The summed E-state index contributed by atoms with van der Waals surface area (Å²) >= 11 is 0. The van der Waals surface area contributed by atoms with Crippen molar-refractivity contribution < 1.29 is 9.18 Å². The highest BCUT2D eigenvalue weighted by molar-refractivity contribution is 5.85. The molecule has 0 aliphatic heterocycles. The summed E-state index contributed by atoms with van der Waals surface area (Å²) in [6.45, 7) is 0.861. The maximum atomic E-state index is 13.3. The fraction of sp³-hybridized carbons (Fsp3) is 0.462. The summed E-state index contributed by atoms with van der Waals surface area (Å²) in [5, 5.41) is 2.83. The molecule has 0 heterocycles. The van der Waals surface area contributed by atoms with Gasteiger partial charge < -0.3 is 11.1 Å². The highest BCUT2D eigenvalue weighted by Gasteiger charge is 2.48. The zero-order chi connectivity index (χ0) is 12.3. The van der Waals surface area contributed by atoms with E-state index in [2.05, 4.69) is 5.32 Å². The molecule has 0 saturated heterocycles. The van der Waals surface area contributed by atoms with Crippen LogP contribution in [0.4, 0.5) is 4.39 Å². The number of nitrogens with one attached hydrogen (secondary N) is 1. The van der Waals surface area contributed by atoms with Gasteiger partial charge in [0.2, 0.25) is 5.91 Å². The number of hydrogen-bond donors (Lipinski definition) is 2. The van der Waals surface area contributed by atoms with Gasteiger partial charge in [-0.25, -0.2) is 4.39 Å². The Bertz CT molecular complexity index is 416. The Morgan fingerprint density at radius 1 is 1.41 bits per heavy atom. The van der Waals surface area contributed by atoms with Crippen LogP contribution in [-0.2, 0) is 11.2 Å². The van der Waals surface area contributed by atoms with Gasteiger partial charge in [0.1, 0.15) is 5.82 Å². The number of amides is 1. The molecule has 92 valence electrons. The predicted molar refractivity (Wildman–Crippen MR) is 63.8 cm³/mol. The second kappa shape index (κ2) is 4.84. The largest absolute Gasteiger partial charge is 0.355 e. The fourth-order valence-electron chi connectivity index (χ4n) is 1.87. The number of benzene rings is 1. The Balaban J connectivity index is 1.80. The third kappa shape index (κ3) is 2.64. The number of rotatable bonds is 5. The van der Waals surface area contributed by atoms with Crippen LogP contribution in [0.3, 0.4) is 0 Å². The van der Waals surface area contributed by atoms with Crippen molar-refractivity contribution in [2.75, 3.05) is 13.1 Å². The Labute approximate surface area is 100 Å². The van der Waals surface area contributed by atoms with Gasteiger partial charge in [0.05, 0.1) is 5.41 Å². The standard InChI is InChI=1S/C13H17FN2O/c14-11-4-2-1-3-10(11)5-8-16-12(17)13(9-15)6-7-13/h1-4H,5-9,15H2,(H,16,17). The molecule has 1 aromatic carbocycles. The van der Waals surface area contributed by atoms with Crippen molar-refractivity contribution in [3.8, 4) is 0 Å². The van der Waals surface area contributed by atoms with E-state index in [0.29, 0.717) is 25.1 Å². The third-order valence-corrected chi connectivity index (χ3v) is 3.36. The van der Waals surface area contributed by atoms with Crippen LogP contribution in [0, 0.1) is 11.2 Å². The number of carbonyl (C=O) groups is 1. The molecule has 3 nitrogen and oxygen atoms in total. The molecular weight excluding hydrogens is 219 g/mol. The molecule has 2 rings (SSSR count). The summed E-state index contributed by atoms with van der Waals surface area (Å²) in [5.41, 5.74) is 5.86. The van der Waals surface area contributed by atoms with Crippen molar-refractivity contribution in [3.05, 3.63) is 35.6 Å². The van der Waals surface area contributed by atoms with Crippen LogP contribution in [0.25, 0.3) is 0 Å². The number of carbonyl (C=O) groups excluding carboxylic acids is 1. The van der Waals surface area contributed by atoms with Crippen LogP contribution in [-0.4, -0.2) is 19.0 Å². The van der Waals surface area contributed by atoms with Crippen molar-refractivity contribution in [1.82, 2.24) is 5.32 Å². The quantitative estimate of drug-likeness (QED) is 0.807. The number of halogens is 1. The first-order valence-electron chi connectivity index (χ1n) is 5.90. The predicted octanol–water partition coefficient (Wildman–Crippen LogP) is 1.22. The molecule has 0 spiro atoms. The molecular formula is C13H17FN2O. The maximum absolute atomic E-state index is 13.3. The van der Waals surface area contributed by atoms with Crippen LogP contribution in [0.5, 0.6) is 0 Å². The Hall–Kier alpha value is -1.42. The molecule has 1 amide bonds. The third-order valence-electron chi connectivity index (χ3n) is 3.36. The lowest BCUT2D eigenvalue weighted by molar-refractivity contribution is -0.125. The van der Waals surface area contributed by atoms with Gasteiger partial charge in [-0.05, 0) is 30.9 Å². The van der Waals surface area contributed by atoms with Crippen molar-refractivity contribution in [2.24, 2.45) is 11.1 Å². The van der Waals surface area contributed by atoms with Crippen LogP contribution >= 0.6 is 0 Å². The molecule has 1 aliphatic rings. The van der Waals surface area contributed by atoms with E-state index >= 15 is 0 Å². The molecule has 4 heteroatoms. The van der Waals surface area contributed by atoms with Gasteiger partial charge in [0.25, 0.3) is 0 Å². The van der Waals surface area contributed by atoms with Crippen molar-refractivity contribution in [3.63, 3.8) is 0 Å². The minimum Gasteiger partial charge on any atom is -0.355 e. The van der Waals surface area contributed by atoms with E-state index in [-0.39, 0.29) is 17.1 Å². The summed E-state index contributed by atoms with van der Waals surface area (Å²) < 4.78 is 13.3. The van der Waals surface area contributed by atoms with Gasteiger partial charge in [0.15, 0.2) is 0 Å². The molecule has 1 aliphatic carbocycles. The van der Waals surface area contributed by atoms with Crippen LogP contribution < -0.4 is 11.1 Å². The van der Waals surface area contributed by atoms with Gasteiger partial charge in [-0.1, -0.05) is 18.2 Å². The average Bonchev–Trinajstić information content (AvgIpc) is 3.12. The Kier molecular flexibility index (Phi) is 3.43. The first-order valence-corrected chi connectivity index (χ1v) is 5.90. The zero-order valence-electron chi connectivity index (χ0n) is 9.71. The van der Waals surface area contributed by atoms with Gasteiger partial charge in [0, 0.05) is 13.1 Å². The summed E-state index contributed by atoms with van der Waals surface area (Å²) in [7, 11) is 0. The maximum Gasteiger partial charge on any atom is 0.227 e. The van der Waals surface area contributed by atoms with Gasteiger partial charge in [-0.3, -0.25) is 4.79 Å². The molecule has 17 heavy (non-hydrogen) atoms. The van der Waals surface area contributed by atoms with Gasteiger partial charge in [-0.2, -0.15) is 0 Å². The molecule has 3 N–H and O–H groups in total. The number of nitrogens with two attached hydrogens (primary N) is 1. The average molecular weight is 236 g/mol. The normalized spacial score (nSPS) is 16.6. The molecule has 0 aromatic heterocycles. The van der Waals surface area contributed by atoms with E-state index in [1.807, 2.05) is 0 Å². The fourth-order valence-corrected chi connectivity index (χ4v) is 1.87. The second-order valence-electron chi connectivity index (χ2n) is 4.58. The highest BCUT2D eigenvalue weighted by atomic mass is 19.1. The SMILES string of the molecule is NCC1(C(=O)NCCc2ccccc2F)CC1. The smallest absolute Gasteiger partial charge is 0.227 e. The minimum absolute atomic E-state index is 0.0105. The lowest BCUT2D eigenvalue weighted by Gasteiger charge is -2.12. The summed E-state index contributed by atoms with van der Waals surface area (Å²) in [6.07, 6.45) is 2.25. The van der Waals surface area contributed by atoms with Gasteiger partial charge >= 0.3 is 0 Å². The van der Waals surface area contributed by atoms with E-state index in [1.54, 1.807) is 18.2 Å². The molecule has 1 aromatic rings. The van der Waals surface area contributed by atoms with Crippen molar-refractivity contribution in [2.45, 2.75) is 19.3 Å². The van der Waals surface area contributed by atoms with E-state index in [4.69, 9.17) is 5.73 Å². The summed E-state index contributed by atoms with van der Waals surface area (Å²) in [6, 6.07) is 6.62. The zero-order valence-corrected chi connectivity index (χ0v) is 9.71. The second-order valence-corrected chi connectivity index (χ2v) is 4.58. The van der Waals surface area contributed by atoms with Crippen LogP contribution in [0.1, 0.15) is 18.4 Å². The van der Waals surface area contributed by atoms with Crippen LogP contribution in [0.15, 0.2) is 24.3 Å². The summed E-state index contributed by atoms with van der Waals surface area (Å²) in [4.78, 5) is 11.7. The lowest BCUT2D eigenvalue weighted by atomic mass is 10.1. The Morgan fingerprint density at radius 3 is 2.71 bits per heavy atom. The molecule has 0 bridgehead atoms. The van der Waals surface area contributed by atoms with Crippen molar-refractivity contribution >= 4 is 5.91 Å². The number of hydrogen-bond acceptors (Lipinski definition) is 2. The van der Waals surface area contributed by atoms with E-state index in [0.717, 1.165) is 12.8 Å². The first kappa shape index (κ1) is 12.0. The first-order chi connectivity index (χ1) is 8.18. The van der Waals surface area contributed by atoms with E-state index in [1.165, 1.54) is 6.07 Å². The van der Waals surface area contributed by atoms with Crippen molar-refractivity contribution in [1.29, 1.82) is 0 Å². The summed E-state index contributed by atoms with van der Waals surface area (Å²) in [5.74, 6) is -0.210. The lowest BCUT2D eigenvalue weighted by Crippen LogP contribution is -2.37.